The summed E-state index contributed by atoms with van der Waals surface area (Å²) in [4.78, 5) is 13.7. The molecule has 17 heavy (non-hydrogen) atoms. The fourth-order valence-corrected chi connectivity index (χ4v) is 2.07. The van der Waals surface area contributed by atoms with Crippen LogP contribution in [-0.4, -0.2) is 18.7 Å². The molecule has 0 N–H and O–H groups in total. The molecule has 1 unspecified atom stereocenters. The largest absolute Gasteiger partial charge is 0.449 e. The van der Waals surface area contributed by atoms with Crippen LogP contribution in [0.15, 0.2) is 30.3 Å². The number of ether oxygens (including phenoxy) is 1. The summed E-state index contributed by atoms with van der Waals surface area (Å²) in [6, 6.07) is 7.96. The minimum atomic E-state index is -0.267. The Kier molecular flexibility index (Phi) is 3.47. The van der Waals surface area contributed by atoms with E-state index in [0.717, 1.165) is 17.7 Å². The molecule has 1 atom stereocenters. The van der Waals surface area contributed by atoms with Crippen LogP contribution in [0.25, 0.3) is 6.08 Å². The van der Waals surface area contributed by atoms with E-state index in [-0.39, 0.29) is 12.1 Å². The van der Waals surface area contributed by atoms with E-state index in [1.165, 1.54) is 0 Å². The van der Waals surface area contributed by atoms with E-state index in [0.29, 0.717) is 6.61 Å². The number of para-hydroxylation sites is 1. The summed E-state index contributed by atoms with van der Waals surface area (Å²) >= 11 is 0. The van der Waals surface area contributed by atoms with Crippen molar-refractivity contribution >= 4 is 17.9 Å². The first kappa shape index (κ1) is 11.7. The lowest BCUT2D eigenvalue weighted by Crippen LogP contribution is -2.41. The highest BCUT2D eigenvalue weighted by molar-refractivity contribution is 5.93. The van der Waals surface area contributed by atoms with Gasteiger partial charge in [0, 0.05) is 0 Å². The number of carbonyl (C=O) groups excluding carboxylic acids is 1. The molecular weight excluding hydrogens is 214 g/mol. The number of fused-ring (bicyclic) bond motifs is 1. The highest BCUT2D eigenvalue weighted by atomic mass is 16.6. The van der Waals surface area contributed by atoms with Crippen LogP contribution in [-0.2, 0) is 4.74 Å². The van der Waals surface area contributed by atoms with Gasteiger partial charge in [0.2, 0.25) is 0 Å². The zero-order chi connectivity index (χ0) is 12.3. The Labute approximate surface area is 102 Å². The molecule has 0 radical (unpaired) electrons. The van der Waals surface area contributed by atoms with E-state index in [2.05, 4.69) is 19.1 Å². The normalized spacial score (nSPS) is 17.8. The summed E-state index contributed by atoms with van der Waals surface area (Å²) in [5.41, 5.74) is 1.99. The quantitative estimate of drug-likeness (QED) is 0.780. The average Bonchev–Trinajstić information content (AvgIpc) is 2.37. The number of rotatable bonds is 2. The molecule has 3 nitrogen and oxygen atoms in total. The Hall–Kier alpha value is -1.77. The standard InChI is InChI=1S/C14H17NO2/c1-3-12-10-9-11-7-5-6-8-13(11)15(12)14(16)17-4-2/h5-10,12H,3-4H2,1-2H3. The topological polar surface area (TPSA) is 29.5 Å². The lowest BCUT2D eigenvalue weighted by atomic mass is 10.0. The summed E-state index contributed by atoms with van der Waals surface area (Å²) in [6.45, 7) is 4.29. The van der Waals surface area contributed by atoms with Gasteiger partial charge in [-0.1, -0.05) is 37.3 Å². The second kappa shape index (κ2) is 5.04. The zero-order valence-electron chi connectivity index (χ0n) is 10.2. The van der Waals surface area contributed by atoms with Crippen molar-refractivity contribution in [3.63, 3.8) is 0 Å². The maximum absolute atomic E-state index is 12.0. The second-order valence-corrected chi connectivity index (χ2v) is 3.96. The van der Waals surface area contributed by atoms with Gasteiger partial charge in [-0.3, -0.25) is 4.90 Å². The van der Waals surface area contributed by atoms with Crippen molar-refractivity contribution in [1.29, 1.82) is 0 Å². The number of carbonyl (C=O) groups is 1. The van der Waals surface area contributed by atoms with Crippen molar-refractivity contribution < 1.29 is 9.53 Å². The summed E-state index contributed by atoms with van der Waals surface area (Å²) in [7, 11) is 0. The fraction of sp³-hybridized carbons (Fsp3) is 0.357. The van der Waals surface area contributed by atoms with Gasteiger partial charge in [-0.25, -0.2) is 4.79 Å². The third-order valence-corrected chi connectivity index (χ3v) is 2.91. The first-order valence-electron chi connectivity index (χ1n) is 6.01. The molecule has 0 saturated heterocycles. The number of amides is 1. The predicted molar refractivity (Wildman–Crippen MR) is 69.1 cm³/mol. The Balaban J connectivity index is 2.38. The number of benzene rings is 1. The number of anilines is 1. The third kappa shape index (κ3) is 2.18. The fourth-order valence-electron chi connectivity index (χ4n) is 2.07. The maximum Gasteiger partial charge on any atom is 0.414 e. The summed E-state index contributed by atoms with van der Waals surface area (Å²) in [5.74, 6) is 0. The maximum atomic E-state index is 12.0. The molecule has 0 aromatic heterocycles. The van der Waals surface area contributed by atoms with E-state index < -0.39 is 0 Å². The summed E-state index contributed by atoms with van der Waals surface area (Å²) < 4.78 is 5.12. The van der Waals surface area contributed by atoms with Crippen LogP contribution in [0.1, 0.15) is 25.8 Å². The van der Waals surface area contributed by atoms with Gasteiger partial charge in [-0.2, -0.15) is 0 Å². The van der Waals surface area contributed by atoms with Gasteiger partial charge < -0.3 is 4.74 Å². The van der Waals surface area contributed by atoms with E-state index in [1.54, 1.807) is 4.90 Å². The highest BCUT2D eigenvalue weighted by Gasteiger charge is 2.27. The Bertz CT molecular complexity index is 440. The molecule has 1 heterocycles. The van der Waals surface area contributed by atoms with Crippen molar-refractivity contribution in [1.82, 2.24) is 0 Å². The van der Waals surface area contributed by atoms with Crippen molar-refractivity contribution in [2.75, 3.05) is 11.5 Å². The molecule has 3 heteroatoms. The molecule has 0 fully saturated rings. The van der Waals surface area contributed by atoms with Crippen LogP contribution in [0.2, 0.25) is 0 Å². The molecule has 0 bridgehead atoms. The van der Waals surface area contributed by atoms with Crippen molar-refractivity contribution in [3.05, 3.63) is 35.9 Å². The zero-order valence-corrected chi connectivity index (χ0v) is 10.2. The highest BCUT2D eigenvalue weighted by Crippen LogP contribution is 2.30. The number of hydrogen-bond acceptors (Lipinski definition) is 2. The molecule has 1 aliphatic rings. The molecule has 90 valence electrons. The van der Waals surface area contributed by atoms with E-state index >= 15 is 0 Å². The molecule has 0 aliphatic carbocycles. The number of nitrogens with zero attached hydrogens (tertiary/aromatic N) is 1. The Morgan fingerprint density at radius 1 is 1.35 bits per heavy atom. The van der Waals surface area contributed by atoms with Gasteiger partial charge in [0.15, 0.2) is 0 Å². The Morgan fingerprint density at radius 2 is 2.12 bits per heavy atom. The summed E-state index contributed by atoms with van der Waals surface area (Å²) in [5, 5.41) is 0. The van der Waals surface area contributed by atoms with E-state index in [1.807, 2.05) is 31.2 Å². The minimum absolute atomic E-state index is 0.0870. The predicted octanol–water partition coefficient (Wildman–Crippen LogP) is 3.45. The molecule has 1 aromatic rings. The molecule has 2 rings (SSSR count). The van der Waals surface area contributed by atoms with E-state index in [4.69, 9.17) is 4.74 Å². The minimum Gasteiger partial charge on any atom is -0.449 e. The monoisotopic (exact) mass is 231 g/mol. The van der Waals surface area contributed by atoms with Gasteiger partial charge >= 0.3 is 6.09 Å². The van der Waals surface area contributed by atoms with Gasteiger partial charge in [0.25, 0.3) is 0 Å². The van der Waals surface area contributed by atoms with Crippen LogP contribution in [0.4, 0.5) is 10.5 Å². The molecule has 1 amide bonds. The third-order valence-electron chi connectivity index (χ3n) is 2.91. The van der Waals surface area contributed by atoms with Gasteiger partial charge in [-0.05, 0) is 25.0 Å². The van der Waals surface area contributed by atoms with Gasteiger partial charge in [0.1, 0.15) is 0 Å². The molecule has 0 saturated carbocycles. The van der Waals surface area contributed by atoms with Gasteiger partial charge in [0.05, 0.1) is 18.3 Å². The molecule has 1 aromatic carbocycles. The van der Waals surface area contributed by atoms with Crippen molar-refractivity contribution in [3.8, 4) is 0 Å². The number of hydrogen-bond donors (Lipinski definition) is 0. The van der Waals surface area contributed by atoms with Crippen LogP contribution < -0.4 is 4.90 Å². The van der Waals surface area contributed by atoms with Crippen LogP contribution in [0.3, 0.4) is 0 Å². The second-order valence-electron chi connectivity index (χ2n) is 3.96. The molecule has 0 spiro atoms. The smallest absolute Gasteiger partial charge is 0.414 e. The van der Waals surface area contributed by atoms with Crippen LogP contribution in [0, 0.1) is 0 Å². The van der Waals surface area contributed by atoms with Crippen LogP contribution in [0.5, 0.6) is 0 Å². The van der Waals surface area contributed by atoms with Crippen molar-refractivity contribution in [2.24, 2.45) is 0 Å². The summed E-state index contributed by atoms with van der Waals surface area (Å²) in [6.07, 6.45) is 4.73. The first-order valence-corrected chi connectivity index (χ1v) is 6.01. The van der Waals surface area contributed by atoms with Gasteiger partial charge in [-0.15, -0.1) is 0 Å². The first-order chi connectivity index (χ1) is 8.27. The SMILES string of the molecule is CCOC(=O)N1c2ccccc2C=CC1CC. The van der Waals surface area contributed by atoms with E-state index in [9.17, 15) is 4.79 Å². The average molecular weight is 231 g/mol. The Morgan fingerprint density at radius 3 is 2.82 bits per heavy atom. The molecular formula is C14H17NO2. The van der Waals surface area contributed by atoms with Crippen molar-refractivity contribution in [2.45, 2.75) is 26.3 Å². The van der Waals surface area contributed by atoms with Crippen LogP contribution >= 0.6 is 0 Å². The lowest BCUT2D eigenvalue weighted by Gasteiger charge is -2.32. The molecule has 1 aliphatic heterocycles. The lowest BCUT2D eigenvalue weighted by molar-refractivity contribution is 0.158.